The molecule has 0 rings (SSSR count). The van der Waals surface area contributed by atoms with Crippen LogP contribution in [0.15, 0.2) is 0 Å². The van der Waals surface area contributed by atoms with Crippen LogP contribution in [0, 0.1) is 5.92 Å². The molecule has 3 atom stereocenters. The fraction of sp³-hybridized carbons (Fsp3) is 0.938. The van der Waals surface area contributed by atoms with Crippen molar-refractivity contribution in [1.82, 2.24) is 0 Å². The Morgan fingerprint density at radius 3 is 1.95 bits per heavy atom. The summed E-state index contributed by atoms with van der Waals surface area (Å²) < 4.78 is 7.15. The van der Waals surface area contributed by atoms with Gasteiger partial charge in [0.05, 0.1) is 0 Å². The van der Waals surface area contributed by atoms with Gasteiger partial charge in [-0.15, -0.1) is 0 Å². The number of aliphatic hydroxyl groups excluding tert-OH is 1. The van der Waals surface area contributed by atoms with E-state index in [-0.39, 0.29) is 22.8 Å². The first-order valence-corrected chi connectivity index (χ1v) is 21.4. The van der Waals surface area contributed by atoms with Crippen LogP contribution in [0.4, 0.5) is 0 Å². The second kappa shape index (κ2) is 7.45. The standard InChI is InChI=1S/C13H27O3Si.3CH3.Sn/c1-9(10(2)14)12(15)11(3)16-17(7,8)13(4,5)6;;;;/h9,11-12,15H,1H2,2-8H3;3*1H3;/t9-,11+,12-;;;;/m1..../s1. The van der Waals surface area contributed by atoms with Gasteiger partial charge in [-0.2, -0.15) is 0 Å². The van der Waals surface area contributed by atoms with Crippen LogP contribution in [0.2, 0.25) is 37.4 Å². The third-order valence-electron chi connectivity index (χ3n) is 4.53. The van der Waals surface area contributed by atoms with Crippen molar-refractivity contribution >= 4 is 32.5 Å². The normalized spacial score (nSPS) is 18.2. The maximum atomic E-state index is 12.0. The fourth-order valence-corrected chi connectivity index (χ4v) is 8.90. The van der Waals surface area contributed by atoms with Gasteiger partial charge in [0.15, 0.2) is 0 Å². The predicted octanol–water partition coefficient (Wildman–Crippen LogP) is 4.30. The molecule has 0 unspecified atom stereocenters. The van der Waals surface area contributed by atoms with Crippen LogP contribution < -0.4 is 0 Å². The Labute approximate surface area is 136 Å². The summed E-state index contributed by atoms with van der Waals surface area (Å²) in [5.74, 6) is -0.166. The molecule has 0 aliphatic carbocycles. The first-order chi connectivity index (χ1) is 9.08. The van der Waals surface area contributed by atoms with E-state index in [4.69, 9.17) is 4.43 Å². The molecule has 0 bridgehead atoms. The first-order valence-electron chi connectivity index (χ1n) is 7.95. The SMILES string of the molecule is CC(=O)[C@@H]([CH2][Sn]([CH3])([CH3])[CH3])[C@@H](O)[C@H](C)O[Si](C)(C)C(C)(C)C. The van der Waals surface area contributed by atoms with Gasteiger partial charge < -0.3 is 0 Å². The zero-order valence-corrected chi connectivity index (χ0v) is 19.6. The van der Waals surface area contributed by atoms with Gasteiger partial charge in [0.2, 0.25) is 0 Å². The summed E-state index contributed by atoms with van der Waals surface area (Å²) in [5.41, 5.74) is 0. The van der Waals surface area contributed by atoms with Crippen LogP contribution in [0.25, 0.3) is 0 Å². The Kier molecular flexibility index (Phi) is 7.66. The molecule has 0 aliphatic heterocycles. The van der Waals surface area contributed by atoms with Crippen molar-refractivity contribution in [3.8, 4) is 0 Å². The van der Waals surface area contributed by atoms with Crippen molar-refractivity contribution < 1.29 is 14.3 Å². The monoisotopic (exact) mass is 424 g/mol. The molecular formula is C16H36O3SiSn. The van der Waals surface area contributed by atoms with Crippen LogP contribution in [0.1, 0.15) is 34.6 Å². The molecule has 0 spiro atoms. The van der Waals surface area contributed by atoms with Crippen LogP contribution in [-0.4, -0.2) is 49.8 Å². The second-order valence-electron chi connectivity index (χ2n) is 9.06. The Hall–Kier alpha value is 0.606. The summed E-state index contributed by atoms with van der Waals surface area (Å²) in [6.07, 6.45) is -0.971. The average molecular weight is 423 g/mol. The molecule has 0 saturated heterocycles. The number of Topliss-reactive ketones (excluding diaryl/α,β-unsaturated/α-hetero) is 1. The Balaban J connectivity index is 5.03. The average Bonchev–Trinajstić information content (AvgIpc) is 2.21. The predicted molar refractivity (Wildman–Crippen MR) is 96.1 cm³/mol. The van der Waals surface area contributed by atoms with E-state index >= 15 is 0 Å². The molecule has 3 nitrogen and oxygen atoms in total. The first kappa shape index (κ1) is 21.6. The van der Waals surface area contributed by atoms with E-state index in [1.165, 1.54) is 0 Å². The van der Waals surface area contributed by atoms with Gasteiger partial charge in [-0.3, -0.25) is 0 Å². The number of hydrogen-bond donors (Lipinski definition) is 1. The Morgan fingerprint density at radius 1 is 1.24 bits per heavy atom. The molecule has 0 saturated carbocycles. The molecule has 0 radical (unpaired) electrons. The van der Waals surface area contributed by atoms with Gasteiger partial charge in [0.25, 0.3) is 0 Å². The van der Waals surface area contributed by atoms with Crippen LogP contribution in [0.3, 0.4) is 0 Å². The van der Waals surface area contributed by atoms with Crippen molar-refractivity contribution in [2.75, 3.05) is 0 Å². The zero-order chi connectivity index (χ0) is 17.2. The van der Waals surface area contributed by atoms with Crippen LogP contribution in [-0.2, 0) is 9.22 Å². The van der Waals surface area contributed by atoms with E-state index in [1.807, 2.05) is 6.92 Å². The Morgan fingerprint density at radius 2 is 1.67 bits per heavy atom. The minimum atomic E-state index is -2.14. The van der Waals surface area contributed by atoms with Gasteiger partial charge in [0, 0.05) is 0 Å². The fourth-order valence-electron chi connectivity index (χ4n) is 2.20. The number of hydrogen-bond acceptors (Lipinski definition) is 3. The molecule has 0 aromatic rings. The van der Waals surface area contributed by atoms with E-state index in [2.05, 4.69) is 48.7 Å². The molecule has 0 aliphatic rings. The van der Waals surface area contributed by atoms with Gasteiger partial charge in [-0.25, -0.2) is 0 Å². The molecule has 0 heterocycles. The Bertz CT molecular complexity index is 356. The molecule has 1 N–H and O–H groups in total. The van der Waals surface area contributed by atoms with Gasteiger partial charge >= 0.3 is 137 Å². The van der Waals surface area contributed by atoms with E-state index in [9.17, 15) is 9.90 Å². The van der Waals surface area contributed by atoms with E-state index in [1.54, 1.807) is 6.92 Å². The third kappa shape index (κ3) is 7.14. The topological polar surface area (TPSA) is 46.5 Å². The summed E-state index contributed by atoms with van der Waals surface area (Å²) in [5, 5.41) is 10.8. The van der Waals surface area contributed by atoms with Crippen molar-refractivity contribution in [1.29, 1.82) is 0 Å². The minimum absolute atomic E-state index is 0.0970. The van der Waals surface area contributed by atoms with Gasteiger partial charge in [-0.1, -0.05) is 0 Å². The number of carbonyl (C=O) groups is 1. The number of carbonyl (C=O) groups excluding carboxylic acids is 1. The quantitative estimate of drug-likeness (QED) is 0.622. The second-order valence-corrected chi connectivity index (χ2v) is 29.6. The summed E-state index contributed by atoms with van der Waals surface area (Å²) in [4.78, 5) is 18.9. The zero-order valence-electron chi connectivity index (χ0n) is 15.7. The molecule has 0 aromatic carbocycles. The van der Waals surface area contributed by atoms with Crippen LogP contribution >= 0.6 is 0 Å². The molecular weight excluding hydrogens is 387 g/mol. The van der Waals surface area contributed by atoms with Gasteiger partial charge in [-0.05, 0) is 0 Å². The van der Waals surface area contributed by atoms with Gasteiger partial charge in [0.1, 0.15) is 0 Å². The van der Waals surface area contributed by atoms with Crippen LogP contribution in [0.5, 0.6) is 0 Å². The van der Waals surface area contributed by atoms with Crippen molar-refractivity contribution in [2.45, 2.75) is 84.2 Å². The van der Waals surface area contributed by atoms with Crippen molar-refractivity contribution in [3.05, 3.63) is 0 Å². The molecule has 5 heteroatoms. The van der Waals surface area contributed by atoms with E-state index in [0.717, 1.165) is 4.44 Å². The number of rotatable bonds is 7. The third-order valence-corrected chi connectivity index (χ3v) is 13.9. The molecule has 0 fully saturated rings. The summed E-state index contributed by atoms with van der Waals surface area (Å²) in [7, 11) is -1.92. The molecule has 0 aromatic heterocycles. The summed E-state index contributed by atoms with van der Waals surface area (Å²) in [6, 6.07) is 0. The number of ketones is 1. The summed E-state index contributed by atoms with van der Waals surface area (Å²) in [6.45, 7) is 14.4. The van der Waals surface area contributed by atoms with Crippen molar-refractivity contribution in [2.24, 2.45) is 5.92 Å². The molecule has 126 valence electrons. The van der Waals surface area contributed by atoms with E-state index < -0.39 is 32.8 Å². The number of aliphatic hydroxyl groups is 1. The molecule has 21 heavy (non-hydrogen) atoms. The summed E-state index contributed by atoms with van der Waals surface area (Å²) >= 11 is -2.14. The maximum absolute atomic E-state index is 12.0. The van der Waals surface area contributed by atoms with Crippen molar-refractivity contribution in [3.63, 3.8) is 0 Å². The van der Waals surface area contributed by atoms with E-state index in [0.29, 0.717) is 0 Å². The molecule has 0 amide bonds.